The van der Waals surface area contributed by atoms with Crippen molar-refractivity contribution >= 4 is 23.4 Å². The van der Waals surface area contributed by atoms with E-state index >= 15 is 0 Å². The van der Waals surface area contributed by atoms with Crippen LogP contribution >= 0.6 is 11.3 Å². The number of rotatable bonds is 7. The Morgan fingerprint density at radius 1 is 1.21 bits per heavy atom. The second kappa shape index (κ2) is 9.54. The van der Waals surface area contributed by atoms with E-state index < -0.39 is 23.7 Å². The van der Waals surface area contributed by atoms with Gasteiger partial charge in [-0.2, -0.15) is 0 Å². The molecular formula is C20H26N2O5S. The highest BCUT2D eigenvalue weighted by atomic mass is 32.1. The molecule has 1 heterocycles. The zero-order valence-corrected chi connectivity index (χ0v) is 17.6. The number of aromatic nitrogens is 1. The monoisotopic (exact) mass is 406 g/mol. The van der Waals surface area contributed by atoms with Crippen molar-refractivity contribution in [3.63, 3.8) is 0 Å². The molecule has 28 heavy (non-hydrogen) atoms. The lowest BCUT2D eigenvalue weighted by atomic mass is 10.1. The molecule has 152 valence electrons. The Morgan fingerprint density at radius 2 is 1.89 bits per heavy atom. The first-order valence-electron chi connectivity index (χ1n) is 8.86. The van der Waals surface area contributed by atoms with E-state index in [9.17, 15) is 9.59 Å². The van der Waals surface area contributed by atoms with Gasteiger partial charge in [0.1, 0.15) is 24.0 Å². The van der Waals surface area contributed by atoms with Crippen LogP contribution in [0.2, 0.25) is 0 Å². The summed E-state index contributed by atoms with van der Waals surface area (Å²) in [6.07, 6.45) is -0.390. The number of hydrogen-bond donors (Lipinski definition) is 1. The van der Waals surface area contributed by atoms with Gasteiger partial charge in [0, 0.05) is 11.8 Å². The number of methoxy groups -OCH3 is 1. The number of ether oxygens (including phenoxy) is 3. The average molecular weight is 407 g/mol. The standard InChI is InChI=1S/C20H26N2O5S/c1-13-21-15(12-28-13)11-26-16-8-6-14(7-9-16)10-17(18(23)25-5)22-19(24)27-20(2,3)4/h6-9,12,17H,10-11H2,1-5H3,(H,22,24)/t17-/m0/s1. The molecule has 0 fully saturated rings. The van der Waals surface area contributed by atoms with Crippen LogP contribution in [-0.4, -0.2) is 35.8 Å². The lowest BCUT2D eigenvalue weighted by Crippen LogP contribution is -2.45. The number of alkyl carbamates (subject to hydrolysis) is 1. The molecule has 1 N–H and O–H groups in total. The number of thiazole rings is 1. The van der Waals surface area contributed by atoms with Gasteiger partial charge < -0.3 is 19.5 Å². The highest BCUT2D eigenvalue weighted by Gasteiger charge is 2.25. The first kappa shape index (κ1) is 21.7. The number of esters is 1. The summed E-state index contributed by atoms with van der Waals surface area (Å²) in [7, 11) is 1.28. The quantitative estimate of drug-likeness (QED) is 0.707. The highest BCUT2D eigenvalue weighted by molar-refractivity contribution is 7.09. The van der Waals surface area contributed by atoms with E-state index in [1.807, 2.05) is 36.6 Å². The Hall–Kier alpha value is -2.61. The zero-order chi connectivity index (χ0) is 20.7. The van der Waals surface area contributed by atoms with Gasteiger partial charge in [-0.25, -0.2) is 14.6 Å². The molecule has 1 amide bonds. The minimum absolute atomic E-state index is 0.275. The third-order valence-electron chi connectivity index (χ3n) is 3.59. The van der Waals surface area contributed by atoms with Crippen molar-refractivity contribution in [2.45, 2.75) is 52.4 Å². The van der Waals surface area contributed by atoms with Crippen LogP contribution in [0.1, 0.15) is 37.0 Å². The first-order valence-corrected chi connectivity index (χ1v) is 9.74. The molecule has 1 aromatic carbocycles. The van der Waals surface area contributed by atoms with Crippen LogP contribution in [0.15, 0.2) is 29.6 Å². The predicted molar refractivity (Wildman–Crippen MR) is 107 cm³/mol. The van der Waals surface area contributed by atoms with Crippen molar-refractivity contribution in [2.24, 2.45) is 0 Å². The van der Waals surface area contributed by atoms with Crippen LogP contribution in [0.4, 0.5) is 4.79 Å². The molecule has 0 saturated heterocycles. The summed E-state index contributed by atoms with van der Waals surface area (Å²) in [6, 6.07) is 6.47. The topological polar surface area (TPSA) is 86.8 Å². The van der Waals surface area contributed by atoms with E-state index in [2.05, 4.69) is 10.3 Å². The van der Waals surface area contributed by atoms with Crippen LogP contribution < -0.4 is 10.1 Å². The van der Waals surface area contributed by atoms with Crippen LogP contribution in [0.5, 0.6) is 5.75 Å². The maximum Gasteiger partial charge on any atom is 0.408 e. The zero-order valence-electron chi connectivity index (χ0n) is 16.8. The molecule has 1 atom stereocenters. The molecule has 0 radical (unpaired) electrons. The Labute approximate surface area is 169 Å². The minimum Gasteiger partial charge on any atom is -0.487 e. The number of nitrogens with zero attached hydrogens (tertiary/aromatic N) is 1. The molecule has 0 bridgehead atoms. The molecule has 2 rings (SSSR count). The molecular weight excluding hydrogens is 380 g/mol. The van der Waals surface area contributed by atoms with Gasteiger partial charge in [-0.1, -0.05) is 12.1 Å². The summed E-state index contributed by atoms with van der Waals surface area (Å²) in [5.41, 5.74) is 1.08. The Bertz CT molecular complexity index is 796. The van der Waals surface area contributed by atoms with Crippen molar-refractivity contribution < 1.29 is 23.8 Å². The van der Waals surface area contributed by atoms with Gasteiger partial charge in [0.05, 0.1) is 17.8 Å². The molecule has 0 unspecified atom stereocenters. The smallest absolute Gasteiger partial charge is 0.408 e. The molecule has 2 aromatic rings. The van der Waals surface area contributed by atoms with Crippen molar-refractivity contribution in [1.82, 2.24) is 10.3 Å². The summed E-state index contributed by atoms with van der Waals surface area (Å²) < 4.78 is 15.7. The summed E-state index contributed by atoms with van der Waals surface area (Å²) in [5, 5.41) is 5.53. The number of nitrogens with one attached hydrogen (secondary N) is 1. The fraction of sp³-hybridized carbons (Fsp3) is 0.450. The van der Waals surface area contributed by atoms with Gasteiger partial charge >= 0.3 is 12.1 Å². The second-order valence-corrected chi connectivity index (χ2v) is 8.28. The molecule has 1 aromatic heterocycles. The Kier molecular flexibility index (Phi) is 7.39. The largest absolute Gasteiger partial charge is 0.487 e. The van der Waals surface area contributed by atoms with E-state index in [1.54, 1.807) is 32.1 Å². The van der Waals surface area contributed by atoms with E-state index in [0.717, 1.165) is 16.3 Å². The van der Waals surface area contributed by atoms with Gasteiger partial charge in [0.15, 0.2) is 0 Å². The highest BCUT2D eigenvalue weighted by Crippen LogP contribution is 2.17. The van der Waals surface area contributed by atoms with E-state index in [4.69, 9.17) is 14.2 Å². The van der Waals surface area contributed by atoms with Gasteiger partial charge in [-0.3, -0.25) is 0 Å². The maximum absolute atomic E-state index is 12.0. The second-order valence-electron chi connectivity index (χ2n) is 7.22. The number of carbonyl (C=O) groups excluding carboxylic acids is 2. The van der Waals surface area contributed by atoms with E-state index in [1.165, 1.54) is 7.11 Å². The van der Waals surface area contributed by atoms with Crippen molar-refractivity contribution in [3.05, 3.63) is 45.9 Å². The summed E-state index contributed by atoms with van der Waals surface area (Å²) in [4.78, 5) is 28.4. The molecule has 8 heteroatoms. The SMILES string of the molecule is COC(=O)[C@H](Cc1ccc(OCc2csc(C)n2)cc1)NC(=O)OC(C)(C)C. The number of aryl methyl sites for hydroxylation is 1. The fourth-order valence-corrected chi connectivity index (χ4v) is 2.97. The number of carbonyl (C=O) groups is 2. The molecule has 0 spiro atoms. The molecule has 0 aliphatic rings. The molecule has 0 aliphatic carbocycles. The van der Waals surface area contributed by atoms with Crippen LogP contribution in [0.25, 0.3) is 0 Å². The van der Waals surface area contributed by atoms with E-state index in [0.29, 0.717) is 12.4 Å². The lowest BCUT2D eigenvalue weighted by Gasteiger charge is -2.22. The number of hydrogen-bond acceptors (Lipinski definition) is 7. The third kappa shape index (κ3) is 7.19. The third-order valence-corrected chi connectivity index (χ3v) is 4.42. The summed E-state index contributed by atoms with van der Waals surface area (Å²) in [5.74, 6) is 0.161. The molecule has 0 saturated carbocycles. The van der Waals surface area contributed by atoms with E-state index in [-0.39, 0.29) is 6.42 Å². The first-order chi connectivity index (χ1) is 13.2. The summed E-state index contributed by atoms with van der Waals surface area (Å²) >= 11 is 1.58. The lowest BCUT2D eigenvalue weighted by molar-refractivity contribution is -0.143. The maximum atomic E-state index is 12.0. The number of benzene rings is 1. The van der Waals surface area contributed by atoms with Crippen molar-refractivity contribution in [3.8, 4) is 5.75 Å². The van der Waals surface area contributed by atoms with Gasteiger partial charge in [0.25, 0.3) is 0 Å². The van der Waals surface area contributed by atoms with Gasteiger partial charge in [0.2, 0.25) is 0 Å². The fourth-order valence-electron chi connectivity index (χ4n) is 2.37. The molecule has 0 aliphatic heterocycles. The van der Waals surface area contributed by atoms with Gasteiger partial charge in [-0.15, -0.1) is 11.3 Å². The average Bonchev–Trinajstić information content (AvgIpc) is 3.03. The van der Waals surface area contributed by atoms with Crippen LogP contribution in [-0.2, 0) is 27.3 Å². The summed E-state index contributed by atoms with van der Waals surface area (Å²) in [6.45, 7) is 7.61. The van der Waals surface area contributed by atoms with Crippen molar-refractivity contribution in [1.29, 1.82) is 0 Å². The number of amides is 1. The van der Waals surface area contributed by atoms with Gasteiger partial charge in [-0.05, 0) is 45.4 Å². The predicted octanol–water partition coefficient (Wildman–Crippen LogP) is 3.64. The van der Waals surface area contributed by atoms with Crippen molar-refractivity contribution in [2.75, 3.05) is 7.11 Å². The Balaban J connectivity index is 1.95. The Morgan fingerprint density at radius 3 is 2.43 bits per heavy atom. The minimum atomic E-state index is -0.843. The molecule has 7 nitrogen and oxygen atoms in total. The van der Waals surface area contributed by atoms with Crippen LogP contribution in [0.3, 0.4) is 0 Å². The normalized spacial score (nSPS) is 12.2. The van der Waals surface area contributed by atoms with Crippen LogP contribution in [0, 0.1) is 6.92 Å².